The summed E-state index contributed by atoms with van der Waals surface area (Å²) in [5.74, 6) is 3.34. The zero-order valence-corrected chi connectivity index (χ0v) is 16.3. The van der Waals surface area contributed by atoms with Crippen LogP contribution in [0.1, 0.15) is 71.1 Å². The van der Waals surface area contributed by atoms with Crippen molar-refractivity contribution in [2.45, 2.75) is 89.3 Å². The first-order valence-electron chi connectivity index (χ1n) is 9.39. The average molecular weight is 359 g/mol. The van der Waals surface area contributed by atoms with Crippen molar-refractivity contribution < 1.29 is 0 Å². The molecule has 0 nitrogen and oxygen atoms in total. The van der Waals surface area contributed by atoms with Gasteiger partial charge in [0.25, 0.3) is 0 Å². The zero-order valence-electron chi connectivity index (χ0n) is 13.6. The Hall–Kier alpha value is 0.697. The fraction of sp³-hybridized carbons (Fsp3) is 1.00. The molecule has 2 rings (SSSR count). The third-order valence-corrected chi connectivity index (χ3v) is 10.4. The van der Waals surface area contributed by atoms with Crippen molar-refractivity contribution in [3.63, 3.8) is 0 Å². The first-order valence-corrected chi connectivity index (χ1v) is 13.0. The van der Waals surface area contributed by atoms with E-state index in [-0.39, 0.29) is 8.80 Å². The minimum atomic E-state index is -0.255. The molecule has 0 radical (unpaired) electrons. The fourth-order valence-corrected chi connectivity index (χ4v) is 8.71. The Morgan fingerprint density at radius 2 is 1.55 bits per heavy atom. The average Bonchev–Trinajstić information content (AvgIpc) is 2.49. The van der Waals surface area contributed by atoms with E-state index in [1.807, 2.05) is 0 Å². The van der Waals surface area contributed by atoms with E-state index in [0.717, 1.165) is 17.8 Å². The predicted molar refractivity (Wildman–Crippen MR) is 97.7 cm³/mol. The Morgan fingerprint density at radius 1 is 0.900 bits per heavy atom. The van der Waals surface area contributed by atoms with Gasteiger partial charge in [-0.05, 0) is 37.0 Å². The Bertz CT molecular complexity index is 240. The summed E-state index contributed by atoms with van der Waals surface area (Å²) < 4.78 is 0. The molecule has 1 aliphatic carbocycles. The van der Waals surface area contributed by atoms with E-state index in [0.29, 0.717) is 0 Å². The van der Waals surface area contributed by atoms with Crippen LogP contribution >= 0.6 is 15.9 Å². The van der Waals surface area contributed by atoms with E-state index in [1.54, 1.807) is 56.7 Å². The molecular weight excluding hydrogens is 324 g/mol. The van der Waals surface area contributed by atoms with Crippen LogP contribution in [0, 0.1) is 17.8 Å². The van der Waals surface area contributed by atoms with Crippen molar-refractivity contribution >= 4 is 24.7 Å². The van der Waals surface area contributed by atoms with Crippen LogP contribution < -0.4 is 0 Å². The molecule has 0 unspecified atom stereocenters. The molecule has 2 heteroatoms. The number of hydrogen-bond donors (Lipinski definition) is 0. The second-order valence-electron chi connectivity index (χ2n) is 7.54. The molecule has 0 N–H and O–H groups in total. The molecule has 0 atom stereocenters. The molecule has 1 heterocycles. The highest BCUT2D eigenvalue weighted by molar-refractivity contribution is 9.09. The lowest BCUT2D eigenvalue weighted by Crippen LogP contribution is -2.28. The van der Waals surface area contributed by atoms with Gasteiger partial charge < -0.3 is 0 Å². The Kier molecular flexibility index (Phi) is 8.24. The third-order valence-electron chi connectivity index (χ3n) is 6.14. The second kappa shape index (κ2) is 9.66. The minimum Gasteiger partial charge on any atom is -0.0928 e. The van der Waals surface area contributed by atoms with Gasteiger partial charge in [-0.1, -0.05) is 85.9 Å². The molecule has 1 aliphatic heterocycles. The highest BCUT2D eigenvalue weighted by atomic mass is 79.9. The van der Waals surface area contributed by atoms with E-state index in [1.165, 1.54) is 31.0 Å². The molecule has 1 saturated heterocycles. The SMILES string of the molecule is CCC[Si@H]1CC[C@H]([C@H]2CC[C@H](CCCCBr)CC2)CC1. The number of alkyl halides is 1. The van der Waals surface area contributed by atoms with E-state index in [9.17, 15) is 0 Å². The highest BCUT2D eigenvalue weighted by Crippen LogP contribution is 2.41. The number of unbranched alkanes of at least 4 members (excludes halogenated alkanes) is 1. The van der Waals surface area contributed by atoms with Crippen molar-refractivity contribution in [2.75, 3.05) is 5.33 Å². The molecule has 0 aromatic carbocycles. The van der Waals surface area contributed by atoms with E-state index in [4.69, 9.17) is 0 Å². The maximum atomic E-state index is 3.56. The summed E-state index contributed by atoms with van der Waals surface area (Å²) in [7, 11) is -0.255. The van der Waals surface area contributed by atoms with Gasteiger partial charge in [-0.2, -0.15) is 0 Å². The molecule has 0 amide bonds. The molecule has 0 aromatic heterocycles. The molecule has 118 valence electrons. The minimum absolute atomic E-state index is 0.255. The largest absolute Gasteiger partial charge is 0.0928 e. The maximum Gasteiger partial charge on any atom is 0.0367 e. The Labute approximate surface area is 137 Å². The molecule has 1 saturated carbocycles. The lowest BCUT2D eigenvalue weighted by Gasteiger charge is -2.37. The predicted octanol–water partition coefficient (Wildman–Crippen LogP) is 6.41. The molecule has 0 aromatic rings. The lowest BCUT2D eigenvalue weighted by atomic mass is 9.73. The number of halogens is 1. The van der Waals surface area contributed by atoms with Gasteiger partial charge in [0, 0.05) is 14.1 Å². The lowest BCUT2D eigenvalue weighted by molar-refractivity contribution is 0.184. The van der Waals surface area contributed by atoms with Crippen LogP contribution in [0.2, 0.25) is 18.1 Å². The molecular formula is C18H35BrSi. The van der Waals surface area contributed by atoms with Gasteiger partial charge >= 0.3 is 0 Å². The van der Waals surface area contributed by atoms with Crippen LogP contribution in [-0.2, 0) is 0 Å². The maximum absolute atomic E-state index is 3.56. The van der Waals surface area contributed by atoms with Gasteiger partial charge in [0.2, 0.25) is 0 Å². The van der Waals surface area contributed by atoms with Crippen molar-refractivity contribution in [3.8, 4) is 0 Å². The molecule has 20 heavy (non-hydrogen) atoms. The highest BCUT2D eigenvalue weighted by Gasteiger charge is 2.30. The Balaban J connectivity index is 1.62. The monoisotopic (exact) mass is 358 g/mol. The van der Waals surface area contributed by atoms with Crippen LogP contribution in [0.5, 0.6) is 0 Å². The van der Waals surface area contributed by atoms with E-state index < -0.39 is 0 Å². The van der Waals surface area contributed by atoms with Gasteiger partial charge in [-0.15, -0.1) is 0 Å². The second-order valence-corrected chi connectivity index (χ2v) is 11.8. The molecule has 2 aliphatic rings. The first-order chi connectivity index (χ1) is 9.83. The molecule has 0 spiro atoms. The molecule has 0 bridgehead atoms. The summed E-state index contributed by atoms with van der Waals surface area (Å²) >= 11 is 3.56. The summed E-state index contributed by atoms with van der Waals surface area (Å²) in [6.07, 6.45) is 15.3. The van der Waals surface area contributed by atoms with Crippen molar-refractivity contribution in [1.82, 2.24) is 0 Å². The zero-order chi connectivity index (χ0) is 14.2. The summed E-state index contributed by atoms with van der Waals surface area (Å²) in [4.78, 5) is 0. The first kappa shape index (κ1) is 17.1. The fourth-order valence-electron chi connectivity index (χ4n) is 4.83. The summed E-state index contributed by atoms with van der Waals surface area (Å²) in [6, 6.07) is 5.00. The van der Waals surface area contributed by atoms with Gasteiger partial charge in [0.1, 0.15) is 0 Å². The van der Waals surface area contributed by atoms with Crippen LogP contribution in [0.25, 0.3) is 0 Å². The smallest absolute Gasteiger partial charge is 0.0367 e. The third kappa shape index (κ3) is 5.48. The Morgan fingerprint density at radius 3 is 2.15 bits per heavy atom. The normalized spacial score (nSPS) is 35.1. The van der Waals surface area contributed by atoms with Gasteiger partial charge in [-0.3, -0.25) is 0 Å². The van der Waals surface area contributed by atoms with Crippen molar-refractivity contribution in [1.29, 1.82) is 0 Å². The summed E-state index contributed by atoms with van der Waals surface area (Å²) in [6.45, 7) is 2.38. The molecule has 2 fully saturated rings. The van der Waals surface area contributed by atoms with E-state index in [2.05, 4.69) is 22.9 Å². The quantitative estimate of drug-likeness (QED) is 0.280. The van der Waals surface area contributed by atoms with Crippen molar-refractivity contribution in [3.05, 3.63) is 0 Å². The van der Waals surface area contributed by atoms with Crippen molar-refractivity contribution in [2.24, 2.45) is 17.8 Å². The van der Waals surface area contributed by atoms with E-state index >= 15 is 0 Å². The number of hydrogen-bond acceptors (Lipinski definition) is 0. The van der Waals surface area contributed by atoms with Gasteiger partial charge in [-0.25, -0.2) is 0 Å². The van der Waals surface area contributed by atoms with Crippen LogP contribution in [0.15, 0.2) is 0 Å². The van der Waals surface area contributed by atoms with Gasteiger partial charge in [0.05, 0.1) is 0 Å². The topological polar surface area (TPSA) is 0 Å². The van der Waals surface area contributed by atoms with Crippen LogP contribution in [0.4, 0.5) is 0 Å². The number of rotatable bonds is 7. The van der Waals surface area contributed by atoms with Crippen LogP contribution in [-0.4, -0.2) is 14.1 Å². The summed E-state index contributed by atoms with van der Waals surface area (Å²) in [5.41, 5.74) is 0. The summed E-state index contributed by atoms with van der Waals surface area (Å²) in [5, 5.41) is 1.20. The standard InChI is InChI=1S/C18H35BrSi/c1-2-13-20-14-10-18(11-15-20)17-8-6-16(7-9-17)5-3-4-12-19/h16-18,20H,2-15H2,1H3/t16-,17-,18-,20-. The van der Waals surface area contributed by atoms with Crippen LogP contribution in [0.3, 0.4) is 0 Å². The van der Waals surface area contributed by atoms with Gasteiger partial charge in [0.15, 0.2) is 0 Å².